The second-order valence-electron chi connectivity index (χ2n) is 5.82. The lowest BCUT2D eigenvalue weighted by Gasteiger charge is -2.12. The van der Waals surface area contributed by atoms with E-state index in [2.05, 4.69) is 16.9 Å². The number of aryl methyl sites for hydroxylation is 1. The van der Waals surface area contributed by atoms with Gasteiger partial charge in [-0.2, -0.15) is 0 Å². The van der Waals surface area contributed by atoms with Crippen molar-refractivity contribution < 1.29 is 0 Å². The van der Waals surface area contributed by atoms with Gasteiger partial charge in [0.2, 0.25) is 0 Å². The Kier molecular flexibility index (Phi) is 4.91. The predicted molar refractivity (Wildman–Crippen MR) is 90.9 cm³/mol. The van der Waals surface area contributed by atoms with Crippen LogP contribution in [0.25, 0.3) is 0 Å². The molecule has 2 aromatic heterocycles. The van der Waals surface area contributed by atoms with Crippen LogP contribution in [-0.4, -0.2) is 15.0 Å². The molecule has 116 valence electrons. The normalized spacial score (nSPS) is 21.3. The van der Waals surface area contributed by atoms with Crippen molar-refractivity contribution in [1.29, 1.82) is 0 Å². The third-order valence-corrected chi connectivity index (χ3v) is 6.08. The van der Waals surface area contributed by atoms with E-state index in [1.807, 2.05) is 19.2 Å². The third-order valence-electron chi connectivity index (χ3n) is 4.05. The van der Waals surface area contributed by atoms with Crippen molar-refractivity contribution in [2.45, 2.75) is 48.9 Å². The molecule has 2 aromatic rings. The molecule has 0 amide bonds. The molecule has 1 fully saturated rings. The zero-order valence-electron chi connectivity index (χ0n) is 12.5. The summed E-state index contributed by atoms with van der Waals surface area (Å²) in [5.74, 6) is 1.35. The summed E-state index contributed by atoms with van der Waals surface area (Å²) in [7, 11) is 0. The van der Waals surface area contributed by atoms with Crippen molar-refractivity contribution in [3.05, 3.63) is 40.0 Å². The first-order valence-corrected chi connectivity index (χ1v) is 8.93. The Morgan fingerprint density at radius 1 is 1.23 bits per heavy atom. The number of aromatic nitrogens is 3. The lowest BCUT2D eigenvalue weighted by molar-refractivity contribution is 0.589. The molecular formula is C16H17Cl2N3S. The number of pyridine rings is 1. The molecular weight excluding hydrogens is 337 g/mol. The number of nitrogens with zero attached hydrogens (tertiary/aromatic N) is 3. The number of rotatable bonds is 3. The van der Waals surface area contributed by atoms with Gasteiger partial charge in [0, 0.05) is 17.0 Å². The zero-order valence-corrected chi connectivity index (χ0v) is 14.8. The highest BCUT2D eigenvalue weighted by Crippen LogP contribution is 2.39. The molecule has 0 aromatic carbocycles. The van der Waals surface area contributed by atoms with Gasteiger partial charge in [0.25, 0.3) is 0 Å². The van der Waals surface area contributed by atoms with E-state index >= 15 is 0 Å². The third kappa shape index (κ3) is 3.39. The molecule has 22 heavy (non-hydrogen) atoms. The van der Waals surface area contributed by atoms with Gasteiger partial charge in [-0.1, -0.05) is 48.3 Å². The molecule has 3 rings (SSSR count). The fraction of sp³-hybridized carbons (Fsp3) is 0.438. The van der Waals surface area contributed by atoms with Crippen LogP contribution in [0.2, 0.25) is 10.2 Å². The minimum absolute atomic E-state index is 0.314. The highest BCUT2D eigenvalue weighted by atomic mass is 35.5. The highest BCUT2D eigenvalue weighted by Gasteiger charge is 2.24. The van der Waals surface area contributed by atoms with Crippen LogP contribution in [0.3, 0.4) is 0 Å². The summed E-state index contributed by atoms with van der Waals surface area (Å²) in [6.07, 6.45) is 7.27. The summed E-state index contributed by atoms with van der Waals surface area (Å²) in [6, 6.07) is 1.84. The standard InChI is InChI=1S/C16H17Cl2N3S/c1-9-3-4-11(7-9)12-8-20-16(10(2)21-12)22-13-5-6-19-15(18)14(13)17/h5-6,8-9,11H,3-4,7H2,1-2H3. The summed E-state index contributed by atoms with van der Waals surface area (Å²) < 4.78 is 0. The highest BCUT2D eigenvalue weighted by molar-refractivity contribution is 7.99. The Bertz CT molecular complexity index is 693. The van der Waals surface area contributed by atoms with E-state index in [0.29, 0.717) is 16.1 Å². The summed E-state index contributed by atoms with van der Waals surface area (Å²) in [4.78, 5) is 14.2. The van der Waals surface area contributed by atoms with Crippen molar-refractivity contribution in [3.63, 3.8) is 0 Å². The second kappa shape index (κ2) is 6.73. The average Bonchev–Trinajstić information content (AvgIpc) is 2.92. The van der Waals surface area contributed by atoms with Gasteiger partial charge in [0.05, 0.1) is 22.6 Å². The fourth-order valence-electron chi connectivity index (χ4n) is 2.85. The molecule has 6 heteroatoms. The summed E-state index contributed by atoms with van der Waals surface area (Å²) >= 11 is 13.6. The van der Waals surface area contributed by atoms with E-state index in [1.54, 1.807) is 6.20 Å². The molecule has 0 spiro atoms. The Morgan fingerprint density at radius 2 is 2.05 bits per heavy atom. The van der Waals surface area contributed by atoms with Gasteiger partial charge >= 0.3 is 0 Å². The van der Waals surface area contributed by atoms with E-state index in [9.17, 15) is 0 Å². The van der Waals surface area contributed by atoms with Gasteiger partial charge < -0.3 is 0 Å². The SMILES string of the molecule is Cc1nc(C2CCC(C)C2)cnc1Sc1ccnc(Cl)c1Cl. The maximum Gasteiger partial charge on any atom is 0.148 e. The first kappa shape index (κ1) is 16.0. The first-order chi connectivity index (χ1) is 10.5. The minimum atomic E-state index is 0.314. The fourth-order valence-corrected chi connectivity index (χ4v) is 4.11. The molecule has 1 aliphatic rings. The predicted octanol–water partition coefficient (Wildman–Crippen LogP) is 5.54. The van der Waals surface area contributed by atoms with Crippen molar-refractivity contribution in [2.24, 2.45) is 5.92 Å². The van der Waals surface area contributed by atoms with E-state index in [0.717, 1.165) is 27.2 Å². The van der Waals surface area contributed by atoms with Crippen molar-refractivity contribution in [3.8, 4) is 0 Å². The molecule has 0 bridgehead atoms. The summed E-state index contributed by atoms with van der Waals surface area (Å²) in [6.45, 7) is 4.30. The molecule has 2 atom stereocenters. The van der Waals surface area contributed by atoms with Crippen LogP contribution in [0.15, 0.2) is 28.4 Å². The molecule has 0 radical (unpaired) electrons. The van der Waals surface area contributed by atoms with Crippen molar-refractivity contribution in [1.82, 2.24) is 15.0 Å². The van der Waals surface area contributed by atoms with E-state index < -0.39 is 0 Å². The summed E-state index contributed by atoms with van der Waals surface area (Å²) in [5, 5.41) is 1.64. The van der Waals surface area contributed by atoms with E-state index in [-0.39, 0.29) is 0 Å². The van der Waals surface area contributed by atoms with Gasteiger partial charge in [0.15, 0.2) is 0 Å². The summed E-state index contributed by atoms with van der Waals surface area (Å²) in [5.41, 5.74) is 2.05. The molecule has 2 unspecified atom stereocenters. The van der Waals surface area contributed by atoms with Crippen LogP contribution in [0.4, 0.5) is 0 Å². The van der Waals surface area contributed by atoms with Gasteiger partial charge in [-0.3, -0.25) is 4.98 Å². The van der Waals surface area contributed by atoms with Gasteiger partial charge in [0.1, 0.15) is 10.2 Å². The maximum atomic E-state index is 6.18. The average molecular weight is 354 g/mol. The van der Waals surface area contributed by atoms with Gasteiger partial charge in [-0.05, 0) is 31.7 Å². The second-order valence-corrected chi connectivity index (χ2v) is 7.58. The van der Waals surface area contributed by atoms with Gasteiger partial charge in [-0.15, -0.1) is 0 Å². The lowest BCUT2D eigenvalue weighted by atomic mass is 10.0. The Labute approximate surface area is 144 Å². The van der Waals surface area contributed by atoms with Crippen LogP contribution in [0, 0.1) is 12.8 Å². The molecule has 0 N–H and O–H groups in total. The van der Waals surface area contributed by atoms with E-state index in [4.69, 9.17) is 28.2 Å². The van der Waals surface area contributed by atoms with E-state index in [1.165, 1.54) is 31.0 Å². The quantitative estimate of drug-likeness (QED) is 0.678. The monoisotopic (exact) mass is 353 g/mol. The molecule has 0 aliphatic heterocycles. The van der Waals surface area contributed by atoms with Crippen LogP contribution in [0.5, 0.6) is 0 Å². The van der Waals surface area contributed by atoms with Crippen LogP contribution < -0.4 is 0 Å². The maximum absolute atomic E-state index is 6.18. The smallest absolute Gasteiger partial charge is 0.148 e. The van der Waals surface area contributed by atoms with Crippen LogP contribution >= 0.6 is 35.0 Å². The Hall–Kier alpha value is -0.840. The lowest BCUT2D eigenvalue weighted by Crippen LogP contribution is -2.02. The molecule has 3 nitrogen and oxygen atoms in total. The van der Waals surface area contributed by atoms with Crippen LogP contribution in [0.1, 0.15) is 43.5 Å². The molecule has 2 heterocycles. The number of hydrogen-bond donors (Lipinski definition) is 0. The first-order valence-electron chi connectivity index (χ1n) is 7.36. The molecule has 1 saturated carbocycles. The molecule has 0 saturated heterocycles. The van der Waals surface area contributed by atoms with Crippen molar-refractivity contribution in [2.75, 3.05) is 0 Å². The van der Waals surface area contributed by atoms with Crippen LogP contribution in [-0.2, 0) is 0 Å². The topological polar surface area (TPSA) is 38.7 Å². The number of hydrogen-bond acceptors (Lipinski definition) is 4. The largest absolute Gasteiger partial charge is 0.253 e. The Morgan fingerprint density at radius 3 is 2.73 bits per heavy atom. The minimum Gasteiger partial charge on any atom is -0.253 e. The zero-order chi connectivity index (χ0) is 15.7. The van der Waals surface area contributed by atoms with Crippen molar-refractivity contribution >= 4 is 35.0 Å². The Balaban J connectivity index is 1.82. The number of halogens is 2. The van der Waals surface area contributed by atoms with Gasteiger partial charge in [-0.25, -0.2) is 9.97 Å². The molecule has 1 aliphatic carbocycles.